The highest BCUT2D eigenvalue weighted by atomic mass is 19.3. The van der Waals surface area contributed by atoms with E-state index in [4.69, 9.17) is 9.57 Å². The molecule has 1 unspecified atom stereocenters. The van der Waals surface area contributed by atoms with Gasteiger partial charge < -0.3 is 19.4 Å². The van der Waals surface area contributed by atoms with Crippen molar-refractivity contribution < 1.29 is 41.9 Å². The van der Waals surface area contributed by atoms with Gasteiger partial charge in [-0.2, -0.15) is 0 Å². The molecule has 1 atom stereocenters. The maximum atomic E-state index is 14.5. The number of fused-ring (bicyclic) bond motifs is 6. The fraction of sp³-hybridized carbons (Fsp3) is 0.371. The number of imide groups is 1. The lowest BCUT2D eigenvalue weighted by atomic mass is 9.61. The van der Waals surface area contributed by atoms with E-state index in [1.807, 2.05) is 43.0 Å². The highest BCUT2D eigenvalue weighted by molar-refractivity contribution is 6.03. The molecule has 0 saturated carbocycles. The Kier molecular flexibility index (Phi) is 5.88. The van der Waals surface area contributed by atoms with Gasteiger partial charge in [-0.05, 0) is 60.5 Å². The molecule has 12 heteroatoms. The van der Waals surface area contributed by atoms with E-state index >= 15 is 0 Å². The predicted octanol–water partition coefficient (Wildman–Crippen LogP) is 5.01. The van der Waals surface area contributed by atoms with Crippen LogP contribution in [-0.2, 0) is 30.2 Å². The van der Waals surface area contributed by atoms with Crippen molar-refractivity contribution in [3.8, 4) is 0 Å². The molecule has 2 amide bonds. The molecule has 242 valence electrons. The predicted molar refractivity (Wildman–Crippen MR) is 162 cm³/mol. The Morgan fingerprint density at radius 1 is 0.723 bits per heavy atom. The first kappa shape index (κ1) is 29.5. The zero-order valence-corrected chi connectivity index (χ0v) is 25.9. The van der Waals surface area contributed by atoms with Crippen LogP contribution >= 0.6 is 0 Å². The first-order valence-corrected chi connectivity index (χ1v) is 15.4. The number of hydrogen-bond donors (Lipinski definition) is 0. The molecule has 1 spiro atoms. The van der Waals surface area contributed by atoms with Gasteiger partial charge in [0.2, 0.25) is 0 Å². The van der Waals surface area contributed by atoms with Crippen LogP contribution in [0.1, 0.15) is 82.1 Å². The summed E-state index contributed by atoms with van der Waals surface area (Å²) in [5, 5.41) is 0.460. The Balaban J connectivity index is 1.30. The molecular formula is C35H30F3N3O6. The van der Waals surface area contributed by atoms with E-state index in [1.165, 1.54) is 18.2 Å². The number of esters is 1. The van der Waals surface area contributed by atoms with Gasteiger partial charge in [0.05, 0.1) is 37.3 Å². The number of halogens is 3. The van der Waals surface area contributed by atoms with Gasteiger partial charge >= 0.3 is 11.9 Å². The van der Waals surface area contributed by atoms with Crippen molar-refractivity contribution in [1.82, 2.24) is 5.06 Å². The number of hydrogen-bond acceptors (Lipinski definition) is 8. The van der Waals surface area contributed by atoms with Gasteiger partial charge in [0.25, 0.3) is 17.7 Å². The standard InChI is InChI=1S/C35H30F3N3O6/c1-32(2)26-13-20(39-15-33(3,36)16-39)5-8-23(26)35(24-9-6-21(14-27(24)32)40-17-34(37,38)18-40)25-12-19(4-7-22(25)31(45)46-35)30(44)47-41-28(42)10-11-29(41)43/h4-9,12-14H,10-11,15-18H2,1-3H3. The highest BCUT2D eigenvalue weighted by Gasteiger charge is 2.56. The molecule has 0 aromatic heterocycles. The van der Waals surface area contributed by atoms with Crippen LogP contribution in [0.5, 0.6) is 0 Å². The van der Waals surface area contributed by atoms with Gasteiger partial charge in [-0.3, -0.25) is 9.59 Å². The van der Waals surface area contributed by atoms with Crippen LogP contribution < -0.4 is 9.80 Å². The number of ether oxygens (including phenoxy) is 1. The van der Waals surface area contributed by atoms with Gasteiger partial charge in [0.1, 0.15) is 5.67 Å². The Labute approximate surface area is 267 Å². The van der Waals surface area contributed by atoms with Crippen molar-refractivity contribution in [3.05, 3.63) is 93.5 Å². The summed E-state index contributed by atoms with van der Waals surface area (Å²) in [6, 6.07) is 15.3. The summed E-state index contributed by atoms with van der Waals surface area (Å²) in [5.74, 6) is -5.63. The van der Waals surface area contributed by atoms with Crippen LogP contribution in [0.2, 0.25) is 0 Å². The Morgan fingerprint density at radius 2 is 1.28 bits per heavy atom. The lowest BCUT2D eigenvalue weighted by molar-refractivity contribution is -0.172. The van der Waals surface area contributed by atoms with E-state index in [0.717, 1.165) is 16.8 Å². The number of anilines is 2. The molecular weight excluding hydrogens is 615 g/mol. The summed E-state index contributed by atoms with van der Waals surface area (Å²) in [4.78, 5) is 59.8. The zero-order valence-electron chi connectivity index (χ0n) is 25.9. The molecule has 9 nitrogen and oxygen atoms in total. The molecule has 3 saturated heterocycles. The monoisotopic (exact) mass is 645 g/mol. The first-order valence-electron chi connectivity index (χ1n) is 15.4. The number of hydroxylamine groups is 2. The second-order valence-electron chi connectivity index (χ2n) is 13.9. The van der Waals surface area contributed by atoms with Gasteiger partial charge in [-0.25, -0.2) is 22.8 Å². The number of carbonyl (C=O) groups is 4. The summed E-state index contributed by atoms with van der Waals surface area (Å²) in [6.45, 7) is 5.15. The van der Waals surface area contributed by atoms with Crippen LogP contribution in [0.15, 0.2) is 54.6 Å². The zero-order chi connectivity index (χ0) is 33.3. The molecule has 47 heavy (non-hydrogen) atoms. The molecule has 0 N–H and O–H groups in total. The molecule has 5 aliphatic rings. The van der Waals surface area contributed by atoms with Crippen molar-refractivity contribution in [2.45, 2.75) is 56.2 Å². The van der Waals surface area contributed by atoms with Crippen LogP contribution in [0.3, 0.4) is 0 Å². The quantitative estimate of drug-likeness (QED) is 0.289. The van der Waals surface area contributed by atoms with Crippen molar-refractivity contribution in [1.29, 1.82) is 0 Å². The SMILES string of the molecule is CC1(F)CN(c2ccc3c(c2)C(C)(C)c2cc(N4CC(F)(F)C4)ccc2C32OC(=O)c3ccc(C(=O)ON4C(=O)CCC4=O)cc32)C1. The third kappa shape index (κ3) is 4.22. The fourth-order valence-corrected chi connectivity index (χ4v) is 7.61. The highest BCUT2D eigenvalue weighted by Crippen LogP contribution is 2.58. The van der Waals surface area contributed by atoms with E-state index in [2.05, 4.69) is 0 Å². The van der Waals surface area contributed by atoms with Crippen molar-refractivity contribution >= 4 is 35.1 Å². The number of nitrogens with zero attached hydrogens (tertiary/aromatic N) is 3. The molecule has 4 heterocycles. The molecule has 8 rings (SSSR count). The van der Waals surface area contributed by atoms with Gasteiger partial charge in [0.15, 0.2) is 5.60 Å². The van der Waals surface area contributed by atoms with E-state index in [-0.39, 0.29) is 37.1 Å². The topological polar surface area (TPSA) is 96.5 Å². The Hall–Kier alpha value is -4.87. The Morgan fingerprint density at radius 3 is 1.81 bits per heavy atom. The average Bonchev–Trinajstić information content (AvgIpc) is 3.48. The molecule has 4 aliphatic heterocycles. The van der Waals surface area contributed by atoms with Gasteiger partial charge in [-0.1, -0.05) is 26.0 Å². The molecule has 3 aromatic carbocycles. The minimum absolute atomic E-state index is 0.0132. The summed E-state index contributed by atoms with van der Waals surface area (Å²) in [5.41, 5.74) is 1.09. The van der Waals surface area contributed by atoms with E-state index in [1.54, 1.807) is 24.0 Å². The van der Waals surface area contributed by atoms with E-state index in [0.29, 0.717) is 27.4 Å². The second-order valence-corrected chi connectivity index (χ2v) is 13.9. The smallest absolute Gasteiger partial charge is 0.363 e. The summed E-state index contributed by atoms with van der Waals surface area (Å²) >= 11 is 0. The normalized spacial score (nSPS) is 24.3. The number of amides is 2. The maximum Gasteiger partial charge on any atom is 0.363 e. The minimum atomic E-state index is -2.79. The molecule has 3 fully saturated rings. The van der Waals surface area contributed by atoms with Crippen LogP contribution in [0.4, 0.5) is 24.5 Å². The summed E-state index contributed by atoms with van der Waals surface area (Å²) in [6.07, 6.45) is -0.127. The van der Waals surface area contributed by atoms with Gasteiger partial charge in [-0.15, -0.1) is 5.06 Å². The summed E-state index contributed by atoms with van der Waals surface area (Å²) in [7, 11) is 0. The molecule has 1 aliphatic carbocycles. The summed E-state index contributed by atoms with van der Waals surface area (Å²) < 4.78 is 48.7. The number of carbonyl (C=O) groups excluding carboxylic acids is 4. The fourth-order valence-electron chi connectivity index (χ4n) is 7.61. The van der Waals surface area contributed by atoms with E-state index in [9.17, 15) is 32.3 Å². The average molecular weight is 646 g/mol. The molecule has 3 aromatic rings. The number of benzene rings is 3. The lowest BCUT2D eigenvalue weighted by Gasteiger charge is -2.48. The van der Waals surface area contributed by atoms with Crippen molar-refractivity contribution in [2.24, 2.45) is 0 Å². The minimum Gasteiger partial charge on any atom is -0.441 e. The molecule has 0 bridgehead atoms. The lowest BCUT2D eigenvalue weighted by Crippen LogP contribution is -2.57. The molecule has 0 radical (unpaired) electrons. The van der Waals surface area contributed by atoms with Crippen LogP contribution in [-0.4, -0.2) is 66.6 Å². The number of rotatable bonds is 4. The number of alkyl halides is 3. The van der Waals surface area contributed by atoms with Gasteiger partial charge in [0, 0.05) is 46.3 Å². The van der Waals surface area contributed by atoms with Crippen molar-refractivity contribution in [2.75, 3.05) is 36.0 Å². The largest absolute Gasteiger partial charge is 0.441 e. The third-order valence-corrected chi connectivity index (χ3v) is 10.0. The van der Waals surface area contributed by atoms with E-state index < -0.39 is 59.4 Å². The Bertz CT molecular complexity index is 1850. The second kappa shape index (κ2) is 9.36. The van der Waals surface area contributed by atoms with Crippen LogP contribution in [0.25, 0.3) is 0 Å². The van der Waals surface area contributed by atoms with Crippen LogP contribution in [0, 0.1) is 0 Å². The van der Waals surface area contributed by atoms with Crippen molar-refractivity contribution in [3.63, 3.8) is 0 Å². The first-order chi connectivity index (χ1) is 22.1. The third-order valence-electron chi connectivity index (χ3n) is 10.0. The maximum absolute atomic E-state index is 14.5.